The van der Waals surface area contributed by atoms with Gasteiger partial charge in [0.15, 0.2) is 0 Å². The van der Waals surface area contributed by atoms with Gasteiger partial charge in [0.25, 0.3) is 5.91 Å². The number of nitrogens with one attached hydrogen (secondary N) is 1. The van der Waals surface area contributed by atoms with Gasteiger partial charge in [-0.3, -0.25) is 9.78 Å². The summed E-state index contributed by atoms with van der Waals surface area (Å²) in [5.41, 5.74) is 2.09. The maximum Gasteiger partial charge on any atom is 0.255 e. The van der Waals surface area contributed by atoms with Gasteiger partial charge >= 0.3 is 0 Å². The van der Waals surface area contributed by atoms with E-state index in [1.807, 2.05) is 42.5 Å². The van der Waals surface area contributed by atoms with Crippen molar-refractivity contribution in [3.63, 3.8) is 0 Å². The van der Waals surface area contributed by atoms with Crippen molar-refractivity contribution in [3.8, 4) is 5.75 Å². The lowest BCUT2D eigenvalue weighted by Gasteiger charge is -2.09. The van der Waals surface area contributed by atoms with E-state index < -0.39 is 0 Å². The number of pyridine rings is 1. The molecule has 0 atom stereocenters. The van der Waals surface area contributed by atoms with Crippen LogP contribution in [0.4, 0.5) is 5.69 Å². The number of anilines is 1. The summed E-state index contributed by atoms with van der Waals surface area (Å²) in [4.78, 5) is 16.8. The highest BCUT2D eigenvalue weighted by molar-refractivity contribution is 6.08. The lowest BCUT2D eigenvalue weighted by atomic mass is 10.1. The Bertz CT molecular complexity index is 839. The number of rotatable bonds is 7. The van der Waals surface area contributed by atoms with E-state index in [0.717, 1.165) is 23.1 Å². The number of aromatic nitrogens is 1. The van der Waals surface area contributed by atoms with E-state index in [1.165, 1.54) is 12.8 Å². The molecule has 2 aromatic carbocycles. The predicted octanol–water partition coefficient (Wildman–Crippen LogP) is 5.06. The average molecular weight is 334 g/mol. The topological polar surface area (TPSA) is 51.2 Å². The zero-order valence-corrected chi connectivity index (χ0v) is 14.4. The Morgan fingerprint density at radius 3 is 2.64 bits per heavy atom. The zero-order valence-electron chi connectivity index (χ0n) is 14.4. The molecular weight excluding hydrogens is 312 g/mol. The summed E-state index contributed by atoms with van der Waals surface area (Å²) < 4.78 is 5.68. The molecule has 1 aromatic heterocycles. The monoisotopic (exact) mass is 334 g/mol. The van der Waals surface area contributed by atoms with Crippen molar-refractivity contribution in [2.75, 3.05) is 11.9 Å². The molecule has 25 heavy (non-hydrogen) atoms. The maximum absolute atomic E-state index is 12.5. The molecule has 0 aliphatic rings. The van der Waals surface area contributed by atoms with Gasteiger partial charge in [0.2, 0.25) is 0 Å². The molecule has 3 aromatic rings. The van der Waals surface area contributed by atoms with Crippen LogP contribution >= 0.6 is 0 Å². The lowest BCUT2D eigenvalue weighted by Crippen LogP contribution is -2.12. The van der Waals surface area contributed by atoms with E-state index in [2.05, 4.69) is 17.2 Å². The third-order valence-corrected chi connectivity index (χ3v) is 4.01. The third-order valence-electron chi connectivity index (χ3n) is 4.01. The third kappa shape index (κ3) is 4.35. The normalized spacial score (nSPS) is 10.6. The first-order valence-corrected chi connectivity index (χ1v) is 8.66. The second-order valence-corrected chi connectivity index (χ2v) is 5.91. The van der Waals surface area contributed by atoms with Gasteiger partial charge in [-0.15, -0.1) is 0 Å². The summed E-state index contributed by atoms with van der Waals surface area (Å²) in [5, 5.41) is 3.93. The Kier molecular flexibility index (Phi) is 5.62. The molecule has 0 fully saturated rings. The summed E-state index contributed by atoms with van der Waals surface area (Å²) in [5.74, 6) is 0.634. The first-order valence-electron chi connectivity index (χ1n) is 8.66. The summed E-state index contributed by atoms with van der Waals surface area (Å²) in [7, 11) is 0. The molecule has 0 saturated carbocycles. The second kappa shape index (κ2) is 8.29. The van der Waals surface area contributed by atoms with Crippen molar-refractivity contribution in [2.24, 2.45) is 0 Å². The summed E-state index contributed by atoms with van der Waals surface area (Å²) >= 11 is 0. The van der Waals surface area contributed by atoms with Gasteiger partial charge < -0.3 is 10.1 Å². The highest BCUT2D eigenvalue weighted by Crippen LogP contribution is 2.21. The van der Waals surface area contributed by atoms with E-state index in [0.29, 0.717) is 17.9 Å². The van der Waals surface area contributed by atoms with Crippen LogP contribution in [0.1, 0.15) is 36.5 Å². The number of para-hydroxylation sites is 1. The molecule has 1 N–H and O–H groups in total. The predicted molar refractivity (Wildman–Crippen MR) is 101 cm³/mol. The highest BCUT2D eigenvalue weighted by Gasteiger charge is 2.09. The minimum absolute atomic E-state index is 0.157. The number of fused-ring (bicyclic) bond motifs is 1. The van der Waals surface area contributed by atoms with Crippen LogP contribution in [0.5, 0.6) is 5.75 Å². The molecule has 3 rings (SSSR count). The molecule has 0 spiro atoms. The number of hydrogen-bond acceptors (Lipinski definition) is 3. The number of hydrogen-bond donors (Lipinski definition) is 1. The Balaban J connectivity index is 1.66. The standard InChI is InChI=1S/C21H22N2O2/c1-2-3-4-15-25-18-12-10-17(11-13-18)21(24)23-19-9-5-7-16-8-6-14-22-20(16)19/h5-14H,2-4,15H2,1H3,(H,23,24). The van der Waals surface area contributed by atoms with Gasteiger partial charge in [0.1, 0.15) is 5.75 Å². The van der Waals surface area contributed by atoms with Gasteiger partial charge in [-0.25, -0.2) is 0 Å². The summed E-state index contributed by atoms with van der Waals surface area (Å²) in [6.45, 7) is 2.87. The fourth-order valence-corrected chi connectivity index (χ4v) is 2.64. The Labute approximate surface area is 147 Å². The Morgan fingerprint density at radius 1 is 1.04 bits per heavy atom. The Morgan fingerprint density at radius 2 is 1.84 bits per heavy atom. The van der Waals surface area contributed by atoms with E-state index in [-0.39, 0.29) is 5.91 Å². The number of unbranched alkanes of at least 4 members (excludes halogenated alkanes) is 2. The first kappa shape index (κ1) is 17.0. The lowest BCUT2D eigenvalue weighted by molar-refractivity contribution is 0.102. The first-order chi connectivity index (χ1) is 12.3. The van der Waals surface area contributed by atoms with Crippen LogP contribution in [-0.2, 0) is 0 Å². The van der Waals surface area contributed by atoms with Crippen molar-refractivity contribution in [1.29, 1.82) is 0 Å². The smallest absolute Gasteiger partial charge is 0.255 e. The average Bonchev–Trinajstić information content (AvgIpc) is 2.66. The molecule has 0 saturated heterocycles. The van der Waals surface area contributed by atoms with E-state index in [1.54, 1.807) is 18.3 Å². The molecule has 1 heterocycles. The SMILES string of the molecule is CCCCCOc1ccc(C(=O)Nc2cccc3cccnc23)cc1. The molecule has 4 heteroatoms. The van der Waals surface area contributed by atoms with Gasteiger partial charge in [0, 0.05) is 17.1 Å². The van der Waals surface area contributed by atoms with Crippen molar-refractivity contribution < 1.29 is 9.53 Å². The molecule has 0 unspecified atom stereocenters. The van der Waals surface area contributed by atoms with Gasteiger partial charge in [-0.1, -0.05) is 38.0 Å². The molecule has 0 radical (unpaired) electrons. The quantitative estimate of drug-likeness (QED) is 0.615. The highest BCUT2D eigenvalue weighted by atomic mass is 16.5. The van der Waals surface area contributed by atoms with Crippen LogP contribution in [0.15, 0.2) is 60.8 Å². The minimum atomic E-state index is -0.157. The van der Waals surface area contributed by atoms with Crippen molar-refractivity contribution in [1.82, 2.24) is 4.98 Å². The van der Waals surface area contributed by atoms with E-state index in [4.69, 9.17) is 4.74 Å². The fraction of sp³-hybridized carbons (Fsp3) is 0.238. The number of carbonyl (C=O) groups is 1. The molecule has 0 aliphatic heterocycles. The van der Waals surface area contributed by atoms with Crippen LogP contribution in [0, 0.1) is 0 Å². The van der Waals surface area contributed by atoms with E-state index in [9.17, 15) is 4.79 Å². The zero-order chi connectivity index (χ0) is 17.5. The molecule has 4 nitrogen and oxygen atoms in total. The number of ether oxygens (including phenoxy) is 1. The van der Waals surface area contributed by atoms with Crippen molar-refractivity contribution >= 4 is 22.5 Å². The molecular formula is C21H22N2O2. The summed E-state index contributed by atoms with van der Waals surface area (Å²) in [6.07, 6.45) is 5.11. The second-order valence-electron chi connectivity index (χ2n) is 5.91. The van der Waals surface area contributed by atoms with Crippen molar-refractivity contribution in [2.45, 2.75) is 26.2 Å². The van der Waals surface area contributed by atoms with Crippen molar-refractivity contribution in [3.05, 3.63) is 66.4 Å². The Hall–Kier alpha value is -2.88. The van der Waals surface area contributed by atoms with Crippen LogP contribution in [-0.4, -0.2) is 17.5 Å². The molecule has 0 bridgehead atoms. The van der Waals surface area contributed by atoms with Crippen LogP contribution in [0.3, 0.4) is 0 Å². The van der Waals surface area contributed by atoms with Crippen LogP contribution in [0.2, 0.25) is 0 Å². The number of benzene rings is 2. The van der Waals surface area contributed by atoms with Gasteiger partial charge in [-0.2, -0.15) is 0 Å². The largest absolute Gasteiger partial charge is 0.494 e. The molecule has 0 aliphatic carbocycles. The van der Waals surface area contributed by atoms with Gasteiger partial charge in [-0.05, 0) is 42.8 Å². The maximum atomic E-state index is 12.5. The van der Waals surface area contributed by atoms with Gasteiger partial charge in [0.05, 0.1) is 17.8 Å². The van der Waals surface area contributed by atoms with Crippen LogP contribution in [0.25, 0.3) is 10.9 Å². The van der Waals surface area contributed by atoms with Crippen LogP contribution < -0.4 is 10.1 Å². The van der Waals surface area contributed by atoms with E-state index >= 15 is 0 Å². The fourth-order valence-electron chi connectivity index (χ4n) is 2.64. The number of nitrogens with zero attached hydrogens (tertiary/aromatic N) is 1. The minimum Gasteiger partial charge on any atom is -0.494 e. The number of amides is 1. The molecule has 1 amide bonds. The number of carbonyl (C=O) groups excluding carboxylic acids is 1. The molecule has 128 valence electrons. The summed E-state index contributed by atoms with van der Waals surface area (Å²) in [6, 6.07) is 16.8.